The molecule has 2 N–H and O–H groups in total. The van der Waals surface area contributed by atoms with Crippen molar-refractivity contribution in [2.24, 2.45) is 0 Å². The van der Waals surface area contributed by atoms with Gasteiger partial charge in [0.1, 0.15) is 5.75 Å². The average molecular weight is 391 g/mol. The Labute approximate surface area is 157 Å². The Morgan fingerprint density at radius 2 is 1.93 bits per heavy atom. The highest BCUT2D eigenvalue weighted by Crippen LogP contribution is 2.30. The van der Waals surface area contributed by atoms with Crippen LogP contribution in [0.5, 0.6) is 5.75 Å². The third-order valence-corrected chi connectivity index (χ3v) is 5.59. The average Bonchev–Trinajstić information content (AvgIpc) is 3.16. The van der Waals surface area contributed by atoms with Gasteiger partial charge in [-0.3, -0.25) is 4.72 Å². The van der Waals surface area contributed by atoms with E-state index in [0.29, 0.717) is 18.2 Å². The van der Waals surface area contributed by atoms with E-state index in [1.807, 2.05) is 11.8 Å². The standard InChI is InChI=1S/C18H21N3O5S/c1-2-26-14-5-7-15(8-6-14)27(24,25)20-16-11-13(18(22)23)12-19-17(16)21-9-3-4-10-21/h5-8,11-12,20H,2-4,9-10H2,1H3,(H,22,23). The summed E-state index contributed by atoms with van der Waals surface area (Å²) < 4.78 is 33.4. The zero-order valence-electron chi connectivity index (χ0n) is 14.9. The molecule has 0 spiro atoms. The van der Waals surface area contributed by atoms with Crippen LogP contribution in [0, 0.1) is 0 Å². The lowest BCUT2D eigenvalue weighted by atomic mass is 10.2. The predicted molar refractivity (Wildman–Crippen MR) is 101 cm³/mol. The molecule has 1 fully saturated rings. The number of anilines is 2. The van der Waals surface area contributed by atoms with Crippen LogP contribution in [-0.4, -0.2) is 44.2 Å². The van der Waals surface area contributed by atoms with Gasteiger partial charge in [-0.1, -0.05) is 0 Å². The molecule has 1 aromatic heterocycles. The van der Waals surface area contributed by atoms with E-state index in [1.165, 1.54) is 24.4 Å². The number of nitrogens with one attached hydrogen (secondary N) is 1. The number of aromatic carboxylic acids is 1. The normalized spacial score (nSPS) is 14.2. The van der Waals surface area contributed by atoms with Crippen molar-refractivity contribution in [3.05, 3.63) is 42.1 Å². The van der Waals surface area contributed by atoms with E-state index < -0.39 is 16.0 Å². The number of nitrogens with zero attached hydrogens (tertiary/aromatic N) is 2. The molecule has 144 valence electrons. The summed E-state index contributed by atoms with van der Waals surface area (Å²) in [7, 11) is -3.90. The molecule has 0 atom stereocenters. The molecular weight excluding hydrogens is 370 g/mol. The van der Waals surface area contributed by atoms with Gasteiger partial charge in [0.2, 0.25) is 0 Å². The Morgan fingerprint density at radius 3 is 2.52 bits per heavy atom. The molecule has 1 aliphatic rings. The first-order valence-corrected chi connectivity index (χ1v) is 10.1. The van der Waals surface area contributed by atoms with Gasteiger partial charge in [-0.25, -0.2) is 18.2 Å². The van der Waals surface area contributed by atoms with Gasteiger partial charge >= 0.3 is 5.97 Å². The number of hydrogen-bond acceptors (Lipinski definition) is 6. The Balaban J connectivity index is 1.94. The molecule has 0 bridgehead atoms. The minimum absolute atomic E-state index is 0.0547. The molecule has 0 saturated carbocycles. The topological polar surface area (TPSA) is 109 Å². The molecule has 0 amide bonds. The van der Waals surface area contributed by atoms with E-state index in [9.17, 15) is 18.3 Å². The fourth-order valence-corrected chi connectivity index (χ4v) is 3.97. The highest BCUT2D eigenvalue weighted by atomic mass is 32.2. The lowest BCUT2D eigenvalue weighted by Crippen LogP contribution is -2.23. The second-order valence-corrected chi connectivity index (χ2v) is 7.79. The highest BCUT2D eigenvalue weighted by Gasteiger charge is 2.23. The SMILES string of the molecule is CCOc1ccc(S(=O)(=O)Nc2cc(C(=O)O)cnc2N2CCCC2)cc1. The molecule has 1 aliphatic heterocycles. The van der Waals surface area contributed by atoms with Gasteiger partial charge in [-0.2, -0.15) is 0 Å². The maximum Gasteiger partial charge on any atom is 0.337 e. The number of carbonyl (C=O) groups is 1. The van der Waals surface area contributed by atoms with Crippen LogP contribution in [0.3, 0.4) is 0 Å². The van der Waals surface area contributed by atoms with Gasteiger partial charge in [-0.05, 0) is 50.1 Å². The zero-order chi connectivity index (χ0) is 19.4. The molecule has 1 aromatic carbocycles. The Morgan fingerprint density at radius 1 is 1.26 bits per heavy atom. The number of carboxylic acid groups (broad SMARTS) is 1. The lowest BCUT2D eigenvalue weighted by molar-refractivity contribution is 0.0696. The number of pyridine rings is 1. The number of carboxylic acids is 1. The van der Waals surface area contributed by atoms with Crippen LogP contribution in [0.4, 0.5) is 11.5 Å². The van der Waals surface area contributed by atoms with E-state index in [4.69, 9.17) is 4.74 Å². The second-order valence-electron chi connectivity index (χ2n) is 6.10. The molecule has 0 unspecified atom stereocenters. The van der Waals surface area contributed by atoms with Gasteiger partial charge in [0.25, 0.3) is 10.0 Å². The monoisotopic (exact) mass is 391 g/mol. The van der Waals surface area contributed by atoms with E-state index in [2.05, 4.69) is 9.71 Å². The van der Waals surface area contributed by atoms with E-state index in [-0.39, 0.29) is 16.1 Å². The quantitative estimate of drug-likeness (QED) is 0.746. The summed E-state index contributed by atoms with van der Waals surface area (Å²) in [5.41, 5.74) is 0.0769. The van der Waals surface area contributed by atoms with Gasteiger partial charge in [0.15, 0.2) is 5.82 Å². The van der Waals surface area contributed by atoms with E-state index in [1.54, 1.807) is 12.1 Å². The van der Waals surface area contributed by atoms with Crippen molar-refractivity contribution in [2.45, 2.75) is 24.7 Å². The lowest BCUT2D eigenvalue weighted by Gasteiger charge is -2.21. The van der Waals surface area contributed by atoms with E-state index >= 15 is 0 Å². The van der Waals surface area contributed by atoms with Crippen molar-refractivity contribution in [3.8, 4) is 5.75 Å². The molecule has 1 saturated heterocycles. The maximum absolute atomic E-state index is 12.8. The summed E-state index contributed by atoms with van der Waals surface area (Å²) in [5.74, 6) is -0.159. The van der Waals surface area contributed by atoms with Crippen molar-refractivity contribution in [1.82, 2.24) is 4.98 Å². The molecule has 2 aromatic rings. The predicted octanol–water partition coefficient (Wildman–Crippen LogP) is 2.58. The Hall–Kier alpha value is -2.81. The third-order valence-electron chi connectivity index (χ3n) is 4.21. The van der Waals surface area contributed by atoms with Crippen molar-refractivity contribution < 1.29 is 23.1 Å². The largest absolute Gasteiger partial charge is 0.494 e. The van der Waals surface area contributed by atoms with Crippen molar-refractivity contribution in [2.75, 3.05) is 29.3 Å². The van der Waals surface area contributed by atoms with Crippen molar-refractivity contribution in [1.29, 1.82) is 0 Å². The minimum atomic E-state index is -3.90. The molecular formula is C18H21N3O5S. The van der Waals surface area contributed by atoms with Crippen molar-refractivity contribution in [3.63, 3.8) is 0 Å². The van der Waals surface area contributed by atoms with Crippen LogP contribution in [-0.2, 0) is 10.0 Å². The van der Waals surface area contributed by atoms with Crippen LogP contribution < -0.4 is 14.4 Å². The van der Waals surface area contributed by atoms with Crippen LogP contribution in [0.25, 0.3) is 0 Å². The van der Waals surface area contributed by atoms with Crippen molar-refractivity contribution >= 4 is 27.5 Å². The Bertz CT molecular complexity index is 923. The molecule has 27 heavy (non-hydrogen) atoms. The van der Waals surface area contributed by atoms with Gasteiger partial charge < -0.3 is 14.7 Å². The van der Waals surface area contributed by atoms with Crippen LogP contribution in [0.15, 0.2) is 41.4 Å². The molecule has 8 nitrogen and oxygen atoms in total. The molecule has 0 radical (unpaired) electrons. The van der Waals surface area contributed by atoms with Gasteiger partial charge in [-0.15, -0.1) is 0 Å². The second kappa shape index (κ2) is 7.83. The fraction of sp³-hybridized carbons (Fsp3) is 0.333. The van der Waals surface area contributed by atoms with Gasteiger partial charge in [0, 0.05) is 19.3 Å². The first kappa shape index (κ1) is 19.0. The third kappa shape index (κ3) is 4.30. The molecule has 0 aliphatic carbocycles. The van der Waals surface area contributed by atoms with Crippen LogP contribution in [0.2, 0.25) is 0 Å². The summed E-state index contributed by atoms with van der Waals surface area (Å²) in [4.78, 5) is 17.5. The highest BCUT2D eigenvalue weighted by molar-refractivity contribution is 7.92. The number of ether oxygens (including phenoxy) is 1. The maximum atomic E-state index is 12.8. The summed E-state index contributed by atoms with van der Waals surface area (Å²) in [6.45, 7) is 3.82. The van der Waals surface area contributed by atoms with Gasteiger partial charge in [0.05, 0.1) is 22.8 Å². The smallest absolute Gasteiger partial charge is 0.337 e. The number of aromatic nitrogens is 1. The molecule has 3 rings (SSSR count). The van der Waals surface area contributed by atoms with Crippen LogP contribution in [0.1, 0.15) is 30.1 Å². The first-order chi connectivity index (χ1) is 12.9. The summed E-state index contributed by atoms with van der Waals surface area (Å²) >= 11 is 0. The first-order valence-electron chi connectivity index (χ1n) is 8.64. The number of rotatable bonds is 7. The summed E-state index contributed by atoms with van der Waals surface area (Å²) in [5, 5.41) is 9.22. The fourth-order valence-electron chi connectivity index (χ4n) is 2.92. The molecule has 2 heterocycles. The Kier molecular flexibility index (Phi) is 5.50. The number of hydrogen-bond donors (Lipinski definition) is 2. The zero-order valence-corrected chi connectivity index (χ0v) is 15.7. The van der Waals surface area contributed by atoms with Crippen LogP contribution >= 0.6 is 0 Å². The minimum Gasteiger partial charge on any atom is -0.494 e. The molecule has 9 heteroatoms. The number of benzene rings is 1. The summed E-state index contributed by atoms with van der Waals surface area (Å²) in [6, 6.07) is 7.33. The number of sulfonamides is 1. The van der Waals surface area contributed by atoms with E-state index in [0.717, 1.165) is 25.9 Å². The summed E-state index contributed by atoms with van der Waals surface area (Å²) in [6.07, 6.45) is 3.20.